The summed E-state index contributed by atoms with van der Waals surface area (Å²) in [7, 11) is 0. The van der Waals surface area contributed by atoms with Crippen LogP contribution in [0.1, 0.15) is 80.3 Å². The molecule has 0 bridgehead atoms. The number of nitrogens with one attached hydrogen (secondary N) is 3. The van der Waals surface area contributed by atoms with Gasteiger partial charge in [-0.05, 0) is 49.3 Å². The second-order valence-electron chi connectivity index (χ2n) is 12.3. The molecule has 0 spiro atoms. The predicted octanol–water partition coefficient (Wildman–Crippen LogP) is 4.08. The van der Waals surface area contributed by atoms with Gasteiger partial charge in [0.2, 0.25) is 17.6 Å². The van der Waals surface area contributed by atoms with Crippen molar-refractivity contribution in [1.29, 1.82) is 0 Å². The van der Waals surface area contributed by atoms with Crippen LogP contribution in [0.2, 0.25) is 0 Å². The van der Waals surface area contributed by atoms with E-state index in [4.69, 9.17) is 0 Å². The molecule has 5 rings (SSSR count). The Morgan fingerprint density at radius 3 is 2.36 bits per heavy atom. The van der Waals surface area contributed by atoms with Crippen LogP contribution < -0.4 is 16.0 Å². The zero-order chi connectivity index (χ0) is 31.6. The van der Waals surface area contributed by atoms with Crippen molar-refractivity contribution in [3.8, 4) is 0 Å². The van der Waals surface area contributed by atoms with E-state index in [1.807, 2.05) is 48.5 Å². The third-order valence-electron chi connectivity index (χ3n) is 8.95. The van der Waals surface area contributed by atoms with Crippen LogP contribution in [0.4, 0.5) is 0 Å². The standard InChI is InChI=1S/C35H41N5O5/c41-31(30-22-37-27-15-7-8-16-28(27)39-30)20-26(18-23-10-3-1-4-11-23)34(44)40-29(19-25-14-9-17-36-33(25)43)32(42)35(45)38-21-24-12-5-2-6-13-24/h2,5-8,12-13,15-16,22-23,25-26,29H,1,3-4,9-11,14,17-21H2,(H,36,43)(H,38,45)(H,40,44)/t25-,26+,29-/m0/s1. The average molecular weight is 612 g/mol. The van der Waals surface area contributed by atoms with Gasteiger partial charge in [0.05, 0.1) is 23.3 Å². The Kier molecular flexibility index (Phi) is 11.0. The number of piperidine rings is 1. The number of aromatic nitrogens is 2. The Hall–Kier alpha value is -4.47. The first-order chi connectivity index (χ1) is 21.9. The van der Waals surface area contributed by atoms with E-state index in [2.05, 4.69) is 25.9 Å². The molecule has 45 heavy (non-hydrogen) atoms. The highest BCUT2D eigenvalue weighted by Gasteiger charge is 2.36. The van der Waals surface area contributed by atoms with Crippen LogP contribution in [0.25, 0.3) is 11.0 Å². The Labute approximate surface area is 263 Å². The van der Waals surface area contributed by atoms with Gasteiger partial charge in [0.25, 0.3) is 5.91 Å². The van der Waals surface area contributed by atoms with Gasteiger partial charge in [-0.3, -0.25) is 29.0 Å². The van der Waals surface area contributed by atoms with E-state index < -0.39 is 35.5 Å². The van der Waals surface area contributed by atoms with Gasteiger partial charge in [-0.2, -0.15) is 0 Å². The monoisotopic (exact) mass is 611 g/mol. The van der Waals surface area contributed by atoms with Crippen LogP contribution in [0.3, 0.4) is 0 Å². The molecule has 10 nitrogen and oxygen atoms in total. The predicted molar refractivity (Wildman–Crippen MR) is 169 cm³/mol. The van der Waals surface area contributed by atoms with Crippen molar-refractivity contribution in [2.45, 2.75) is 76.8 Å². The Bertz CT molecular complexity index is 1520. The molecule has 236 valence electrons. The lowest BCUT2D eigenvalue weighted by molar-refractivity contribution is -0.141. The minimum Gasteiger partial charge on any atom is -0.356 e. The van der Waals surface area contributed by atoms with Gasteiger partial charge in [-0.15, -0.1) is 0 Å². The van der Waals surface area contributed by atoms with Crippen LogP contribution in [0.5, 0.6) is 0 Å². The van der Waals surface area contributed by atoms with Gasteiger partial charge in [-0.1, -0.05) is 74.6 Å². The van der Waals surface area contributed by atoms with Gasteiger partial charge in [0.15, 0.2) is 5.78 Å². The van der Waals surface area contributed by atoms with Crippen molar-refractivity contribution in [2.24, 2.45) is 17.8 Å². The van der Waals surface area contributed by atoms with Crippen LogP contribution in [0, 0.1) is 17.8 Å². The Morgan fingerprint density at radius 1 is 0.867 bits per heavy atom. The summed E-state index contributed by atoms with van der Waals surface area (Å²) in [6, 6.07) is 15.3. The summed E-state index contributed by atoms with van der Waals surface area (Å²) in [5, 5.41) is 8.30. The fraction of sp³-hybridized carbons (Fsp3) is 0.457. The summed E-state index contributed by atoms with van der Waals surface area (Å²) in [6.45, 7) is 0.711. The number of amides is 3. The Morgan fingerprint density at radius 2 is 1.60 bits per heavy atom. The summed E-state index contributed by atoms with van der Waals surface area (Å²) in [4.78, 5) is 75.5. The average Bonchev–Trinajstić information content (AvgIpc) is 3.07. The number of Topliss-reactive ketones (excluding diaryl/α,β-unsaturated/α-hetero) is 2. The summed E-state index contributed by atoms with van der Waals surface area (Å²) in [6.07, 6.45) is 8.38. The molecular formula is C35H41N5O5. The molecule has 1 saturated carbocycles. The molecule has 10 heteroatoms. The van der Waals surface area contributed by atoms with Crippen molar-refractivity contribution in [3.63, 3.8) is 0 Å². The molecule has 3 N–H and O–H groups in total. The maximum Gasteiger partial charge on any atom is 0.289 e. The summed E-state index contributed by atoms with van der Waals surface area (Å²) in [5.41, 5.74) is 2.27. The first-order valence-electron chi connectivity index (χ1n) is 16.1. The van der Waals surface area contributed by atoms with Crippen LogP contribution in [0.15, 0.2) is 60.8 Å². The zero-order valence-electron chi connectivity index (χ0n) is 25.5. The number of carbonyl (C=O) groups is 5. The quantitative estimate of drug-likeness (QED) is 0.195. The number of rotatable bonds is 13. The van der Waals surface area contributed by atoms with Crippen molar-refractivity contribution in [2.75, 3.05) is 6.54 Å². The van der Waals surface area contributed by atoms with Gasteiger partial charge in [0, 0.05) is 31.3 Å². The van der Waals surface area contributed by atoms with Gasteiger partial charge >= 0.3 is 0 Å². The molecule has 2 heterocycles. The maximum atomic E-state index is 14.0. The lowest BCUT2D eigenvalue weighted by atomic mass is 9.80. The number of hydrogen-bond acceptors (Lipinski definition) is 7. The lowest BCUT2D eigenvalue weighted by Gasteiger charge is -2.29. The molecule has 0 radical (unpaired) electrons. The summed E-state index contributed by atoms with van der Waals surface area (Å²) >= 11 is 0. The van der Waals surface area contributed by atoms with Crippen molar-refractivity contribution >= 4 is 40.3 Å². The molecule has 2 aliphatic rings. The number of hydrogen-bond donors (Lipinski definition) is 3. The number of fused-ring (bicyclic) bond motifs is 1. The van der Waals surface area contributed by atoms with Crippen molar-refractivity contribution in [1.82, 2.24) is 25.9 Å². The molecule has 2 aromatic carbocycles. The number of ketones is 2. The molecular weight excluding hydrogens is 570 g/mol. The highest BCUT2D eigenvalue weighted by atomic mass is 16.2. The number of benzene rings is 2. The molecule has 1 aliphatic heterocycles. The number of carbonyl (C=O) groups excluding carboxylic acids is 5. The smallest absolute Gasteiger partial charge is 0.289 e. The molecule has 2 fully saturated rings. The third-order valence-corrected chi connectivity index (χ3v) is 8.95. The number of nitrogens with zero attached hydrogens (tertiary/aromatic N) is 2. The normalized spacial score (nSPS) is 18.4. The lowest BCUT2D eigenvalue weighted by Crippen LogP contribution is -2.51. The molecule has 3 aromatic rings. The highest BCUT2D eigenvalue weighted by molar-refractivity contribution is 6.38. The molecule has 1 saturated heterocycles. The van der Waals surface area contributed by atoms with Gasteiger partial charge < -0.3 is 16.0 Å². The molecule has 1 aliphatic carbocycles. The molecule has 3 atom stereocenters. The first kappa shape index (κ1) is 31.9. The number of para-hydroxylation sites is 2. The maximum absolute atomic E-state index is 14.0. The van der Waals surface area contributed by atoms with E-state index in [9.17, 15) is 24.0 Å². The van der Waals surface area contributed by atoms with Crippen molar-refractivity contribution in [3.05, 3.63) is 72.1 Å². The largest absolute Gasteiger partial charge is 0.356 e. The second kappa shape index (κ2) is 15.5. The van der Waals surface area contributed by atoms with E-state index >= 15 is 0 Å². The third kappa shape index (κ3) is 8.80. The van der Waals surface area contributed by atoms with E-state index in [-0.39, 0.29) is 42.7 Å². The van der Waals surface area contributed by atoms with E-state index in [0.717, 1.165) is 44.1 Å². The van der Waals surface area contributed by atoms with E-state index in [0.29, 0.717) is 30.4 Å². The van der Waals surface area contributed by atoms with Crippen molar-refractivity contribution < 1.29 is 24.0 Å². The second-order valence-corrected chi connectivity index (χ2v) is 12.3. The minimum absolute atomic E-state index is 0.00933. The van der Waals surface area contributed by atoms with E-state index in [1.165, 1.54) is 6.20 Å². The topological polar surface area (TPSA) is 147 Å². The fourth-order valence-corrected chi connectivity index (χ4v) is 6.42. The molecule has 3 amide bonds. The van der Waals surface area contributed by atoms with Crippen LogP contribution >= 0.6 is 0 Å². The van der Waals surface area contributed by atoms with Crippen LogP contribution in [-0.4, -0.2) is 51.8 Å². The summed E-state index contributed by atoms with van der Waals surface area (Å²) in [5.74, 6) is -3.56. The van der Waals surface area contributed by atoms with Gasteiger partial charge in [0.1, 0.15) is 5.69 Å². The van der Waals surface area contributed by atoms with Crippen LogP contribution in [-0.2, 0) is 25.7 Å². The Balaban J connectivity index is 1.33. The highest BCUT2D eigenvalue weighted by Crippen LogP contribution is 2.31. The minimum atomic E-state index is -1.20. The first-order valence-corrected chi connectivity index (χ1v) is 16.1. The van der Waals surface area contributed by atoms with Gasteiger partial charge in [-0.25, -0.2) is 4.98 Å². The molecule has 0 unspecified atom stereocenters. The fourth-order valence-electron chi connectivity index (χ4n) is 6.42. The SMILES string of the molecule is O=C(NCc1ccccc1)C(=O)[C@H](C[C@@H]1CCCNC1=O)NC(=O)[C@@H](CC(=O)c1cnc2ccccc2n1)CC1CCCCC1. The summed E-state index contributed by atoms with van der Waals surface area (Å²) < 4.78 is 0. The molecule has 1 aromatic heterocycles. The van der Waals surface area contributed by atoms with E-state index in [1.54, 1.807) is 6.07 Å². The zero-order valence-corrected chi connectivity index (χ0v) is 25.5.